The zero-order valence-electron chi connectivity index (χ0n) is 13.8. The molecule has 0 atom stereocenters. The Hall–Kier alpha value is -0.970. The Kier molecular flexibility index (Phi) is 5.11. The minimum atomic E-state index is 0.107. The summed E-state index contributed by atoms with van der Waals surface area (Å²) < 4.78 is 0. The fraction of sp³-hybridized carbons (Fsp3) is 0.824. The summed E-state index contributed by atoms with van der Waals surface area (Å²) in [4.78, 5) is 14.1. The monoisotopic (exact) mass is 321 g/mol. The third-order valence-electron chi connectivity index (χ3n) is 5.07. The van der Waals surface area contributed by atoms with Crippen molar-refractivity contribution < 1.29 is 4.79 Å². The zero-order chi connectivity index (χ0) is 15.5. The van der Waals surface area contributed by atoms with Crippen LogP contribution in [0.3, 0.4) is 0 Å². The molecule has 2 heterocycles. The first-order valence-electron chi connectivity index (χ1n) is 8.74. The molecule has 2 aliphatic rings. The molecule has 1 amide bonds. The third kappa shape index (κ3) is 3.67. The molecule has 5 heteroatoms. The molecular weight excluding hydrogens is 294 g/mol. The van der Waals surface area contributed by atoms with Gasteiger partial charge in [0.15, 0.2) is 0 Å². The van der Waals surface area contributed by atoms with Crippen LogP contribution in [0.5, 0.6) is 0 Å². The molecule has 4 nitrogen and oxygen atoms in total. The molecule has 22 heavy (non-hydrogen) atoms. The van der Waals surface area contributed by atoms with Gasteiger partial charge in [0.2, 0.25) is 5.91 Å². The van der Waals surface area contributed by atoms with E-state index >= 15 is 0 Å². The molecule has 0 radical (unpaired) electrons. The van der Waals surface area contributed by atoms with E-state index in [1.54, 1.807) is 0 Å². The van der Waals surface area contributed by atoms with E-state index < -0.39 is 0 Å². The van der Waals surface area contributed by atoms with Gasteiger partial charge in [-0.2, -0.15) is 0 Å². The summed E-state index contributed by atoms with van der Waals surface area (Å²) in [5.74, 6) is 1.74. The minimum absolute atomic E-state index is 0.107. The van der Waals surface area contributed by atoms with E-state index in [0.29, 0.717) is 5.92 Å². The predicted molar refractivity (Wildman–Crippen MR) is 89.0 cm³/mol. The van der Waals surface area contributed by atoms with E-state index in [-0.39, 0.29) is 11.8 Å². The first-order chi connectivity index (χ1) is 10.6. The van der Waals surface area contributed by atoms with Gasteiger partial charge in [-0.3, -0.25) is 4.79 Å². The highest BCUT2D eigenvalue weighted by atomic mass is 32.1. The Bertz CT molecular complexity index is 500. The predicted octanol–water partition coefficient (Wildman–Crippen LogP) is 3.63. The molecule has 1 aliphatic carbocycles. The van der Waals surface area contributed by atoms with Crippen molar-refractivity contribution in [2.45, 2.75) is 64.7 Å². The molecule has 0 aromatic carbocycles. The van der Waals surface area contributed by atoms with E-state index in [0.717, 1.165) is 38.3 Å². The normalized spacial score (nSPS) is 21.0. The van der Waals surface area contributed by atoms with Gasteiger partial charge in [-0.15, -0.1) is 21.5 Å². The second-order valence-electron chi connectivity index (χ2n) is 7.14. The van der Waals surface area contributed by atoms with Crippen LogP contribution in [0.25, 0.3) is 0 Å². The third-order valence-corrected chi connectivity index (χ3v) is 6.18. The maximum atomic E-state index is 12.0. The first-order valence-corrected chi connectivity index (χ1v) is 9.56. The Morgan fingerprint density at radius 2 is 1.86 bits per heavy atom. The van der Waals surface area contributed by atoms with E-state index in [4.69, 9.17) is 0 Å². The average Bonchev–Trinajstić information content (AvgIpc) is 3.19. The van der Waals surface area contributed by atoms with Gasteiger partial charge in [-0.1, -0.05) is 39.5 Å². The van der Waals surface area contributed by atoms with Crippen molar-refractivity contribution >= 4 is 17.2 Å². The first kappa shape index (κ1) is 15.9. The lowest BCUT2D eigenvalue weighted by Crippen LogP contribution is -2.40. The van der Waals surface area contributed by atoms with E-state index in [1.807, 2.05) is 30.1 Å². The number of hydrogen-bond donors (Lipinski definition) is 0. The standard InChI is InChI=1S/C17H27N3OS/c1-12(2)17(21)20-9-7-14(8-10-20)16-19-18-15(22-16)11-13-5-3-4-6-13/h12-14H,3-11H2,1-2H3. The highest BCUT2D eigenvalue weighted by Crippen LogP contribution is 2.33. The lowest BCUT2D eigenvalue weighted by atomic mass is 9.97. The molecule has 3 rings (SSSR count). The molecule has 122 valence electrons. The van der Waals surface area contributed by atoms with Gasteiger partial charge in [-0.25, -0.2) is 0 Å². The van der Waals surface area contributed by atoms with E-state index in [9.17, 15) is 4.79 Å². The Labute approximate surface area is 137 Å². The van der Waals surface area contributed by atoms with E-state index in [2.05, 4.69) is 10.2 Å². The topological polar surface area (TPSA) is 46.1 Å². The maximum Gasteiger partial charge on any atom is 0.225 e. The largest absolute Gasteiger partial charge is 0.342 e. The number of carbonyl (C=O) groups excluding carboxylic acids is 1. The Morgan fingerprint density at radius 1 is 1.18 bits per heavy atom. The highest BCUT2D eigenvalue weighted by molar-refractivity contribution is 7.11. The van der Waals surface area contributed by atoms with Gasteiger partial charge in [0.25, 0.3) is 0 Å². The van der Waals surface area contributed by atoms with Crippen LogP contribution in [-0.2, 0) is 11.2 Å². The van der Waals surface area contributed by atoms with Crippen LogP contribution in [0.4, 0.5) is 0 Å². The van der Waals surface area contributed by atoms with Crippen molar-refractivity contribution in [3.8, 4) is 0 Å². The van der Waals surface area contributed by atoms with Crippen LogP contribution in [0, 0.1) is 11.8 Å². The fourth-order valence-corrected chi connectivity index (χ4v) is 4.81. The SMILES string of the molecule is CC(C)C(=O)N1CCC(c2nnc(CC3CCCC3)s2)CC1. The zero-order valence-corrected chi connectivity index (χ0v) is 14.6. The molecule has 2 fully saturated rings. The molecule has 1 aliphatic heterocycles. The molecule has 0 bridgehead atoms. The Morgan fingerprint density at radius 3 is 2.50 bits per heavy atom. The molecule has 0 N–H and O–H groups in total. The summed E-state index contributed by atoms with van der Waals surface area (Å²) in [6, 6.07) is 0. The number of amides is 1. The smallest absolute Gasteiger partial charge is 0.225 e. The number of carbonyl (C=O) groups is 1. The summed E-state index contributed by atoms with van der Waals surface area (Å²) in [5.41, 5.74) is 0. The minimum Gasteiger partial charge on any atom is -0.342 e. The van der Waals surface area contributed by atoms with Crippen molar-refractivity contribution in [1.29, 1.82) is 0 Å². The van der Waals surface area contributed by atoms with Gasteiger partial charge in [0.1, 0.15) is 10.0 Å². The number of nitrogens with zero attached hydrogens (tertiary/aromatic N) is 3. The number of rotatable bonds is 4. The molecular formula is C17H27N3OS. The maximum absolute atomic E-state index is 12.0. The van der Waals surface area contributed by atoms with Crippen LogP contribution in [0.1, 0.15) is 68.3 Å². The van der Waals surface area contributed by atoms with Gasteiger partial charge in [-0.05, 0) is 18.8 Å². The van der Waals surface area contributed by atoms with Crippen LogP contribution < -0.4 is 0 Å². The fourth-order valence-electron chi connectivity index (χ4n) is 3.69. The van der Waals surface area contributed by atoms with Crippen molar-refractivity contribution in [3.05, 3.63) is 10.0 Å². The van der Waals surface area contributed by atoms with Crippen LogP contribution in [0.2, 0.25) is 0 Å². The van der Waals surface area contributed by atoms with Crippen LogP contribution >= 0.6 is 11.3 Å². The van der Waals surface area contributed by atoms with Crippen molar-refractivity contribution in [3.63, 3.8) is 0 Å². The molecule has 0 unspecified atom stereocenters. The Balaban J connectivity index is 1.53. The molecule has 1 saturated heterocycles. The van der Waals surface area contributed by atoms with Crippen LogP contribution in [-0.4, -0.2) is 34.1 Å². The highest BCUT2D eigenvalue weighted by Gasteiger charge is 2.27. The second kappa shape index (κ2) is 7.07. The summed E-state index contributed by atoms with van der Waals surface area (Å²) >= 11 is 1.82. The molecule has 1 aromatic heterocycles. The summed E-state index contributed by atoms with van der Waals surface area (Å²) in [7, 11) is 0. The van der Waals surface area contributed by atoms with Gasteiger partial charge in [0, 0.05) is 31.3 Å². The summed E-state index contributed by atoms with van der Waals surface area (Å²) in [6.45, 7) is 5.71. The molecule has 0 spiro atoms. The number of piperidine rings is 1. The second-order valence-corrected chi connectivity index (χ2v) is 8.24. The number of hydrogen-bond acceptors (Lipinski definition) is 4. The average molecular weight is 321 g/mol. The number of aromatic nitrogens is 2. The van der Waals surface area contributed by atoms with Gasteiger partial charge >= 0.3 is 0 Å². The number of likely N-dealkylation sites (tertiary alicyclic amines) is 1. The summed E-state index contributed by atoms with van der Waals surface area (Å²) in [6.07, 6.45) is 8.71. The van der Waals surface area contributed by atoms with Gasteiger partial charge < -0.3 is 4.90 Å². The van der Waals surface area contributed by atoms with E-state index in [1.165, 1.54) is 35.7 Å². The molecule has 1 saturated carbocycles. The van der Waals surface area contributed by atoms with Crippen LogP contribution in [0.15, 0.2) is 0 Å². The lowest BCUT2D eigenvalue weighted by molar-refractivity contribution is -0.135. The van der Waals surface area contributed by atoms with Crippen molar-refractivity contribution in [2.24, 2.45) is 11.8 Å². The van der Waals surface area contributed by atoms with Crippen molar-refractivity contribution in [2.75, 3.05) is 13.1 Å². The van der Waals surface area contributed by atoms with Crippen molar-refractivity contribution in [1.82, 2.24) is 15.1 Å². The van der Waals surface area contributed by atoms with Gasteiger partial charge in [0.05, 0.1) is 0 Å². The quantitative estimate of drug-likeness (QED) is 0.850. The molecule has 1 aromatic rings. The summed E-state index contributed by atoms with van der Waals surface area (Å²) in [5, 5.41) is 11.3. The lowest BCUT2D eigenvalue weighted by Gasteiger charge is -2.32.